The highest BCUT2D eigenvalue weighted by Gasteiger charge is 2.40. The molecule has 1 spiro atoms. The Balaban J connectivity index is 0.713. The second kappa shape index (κ2) is 19.8. The van der Waals surface area contributed by atoms with Crippen molar-refractivity contribution in [2.45, 2.75) is 76.8 Å². The maximum absolute atomic E-state index is 13.5. The van der Waals surface area contributed by atoms with Gasteiger partial charge in [-0.1, -0.05) is 18.3 Å². The first-order valence-corrected chi connectivity index (χ1v) is 26.5. The van der Waals surface area contributed by atoms with Gasteiger partial charge < -0.3 is 34.6 Å². The van der Waals surface area contributed by atoms with Crippen molar-refractivity contribution in [3.63, 3.8) is 0 Å². The predicted molar refractivity (Wildman–Crippen MR) is 265 cm³/mol. The minimum absolute atomic E-state index is 0.162. The number of ether oxygens (including phenoxy) is 1. The first kappa shape index (κ1) is 46.2. The summed E-state index contributed by atoms with van der Waals surface area (Å²) in [6.07, 6.45) is 14.6. The summed E-state index contributed by atoms with van der Waals surface area (Å²) in [5.74, 6) is 7.35. The van der Waals surface area contributed by atoms with Gasteiger partial charge in [-0.05, 0) is 147 Å². The van der Waals surface area contributed by atoms with Crippen LogP contribution in [-0.2, 0) is 20.7 Å². The van der Waals surface area contributed by atoms with Crippen LogP contribution in [0.15, 0.2) is 71.6 Å². The van der Waals surface area contributed by atoms with Crippen LogP contribution in [0.4, 0.5) is 28.8 Å². The second-order valence-electron chi connectivity index (χ2n) is 18.5. The summed E-state index contributed by atoms with van der Waals surface area (Å²) in [6.45, 7) is 9.27. The maximum atomic E-state index is 13.5. The third kappa shape index (κ3) is 10.3. The number of anilines is 5. The van der Waals surface area contributed by atoms with Crippen molar-refractivity contribution in [3.8, 4) is 17.6 Å². The fraction of sp³-hybridized carbons (Fsp3) is 0.420. The van der Waals surface area contributed by atoms with Gasteiger partial charge in [-0.3, -0.25) is 29.7 Å². The Morgan fingerprint density at radius 3 is 2.46 bits per heavy atom. The number of rotatable bonds is 13. The van der Waals surface area contributed by atoms with E-state index < -0.39 is 19.1 Å². The van der Waals surface area contributed by atoms with Gasteiger partial charge in [-0.2, -0.15) is 4.98 Å². The van der Waals surface area contributed by atoms with Gasteiger partial charge in [-0.15, -0.1) is 0 Å². The van der Waals surface area contributed by atoms with Gasteiger partial charge in [0.25, 0.3) is 5.91 Å². The minimum atomic E-state index is -2.76. The maximum Gasteiger partial charge on any atom is 0.255 e. The normalized spacial score (nSPS) is 18.4. The van der Waals surface area contributed by atoms with E-state index in [0.717, 1.165) is 74.5 Å². The first-order chi connectivity index (χ1) is 32.4. The molecule has 2 aromatic heterocycles. The van der Waals surface area contributed by atoms with Gasteiger partial charge in [-0.25, -0.2) is 4.98 Å². The zero-order chi connectivity index (χ0) is 46.7. The number of likely N-dealkylation sites (tertiary alicyclic amines) is 1. The number of benzene rings is 3. The lowest BCUT2D eigenvalue weighted by atomic mass is 9.71. The molecular weight excluding hydrogens is 931 g/mol. The largest absolute Gasteiger partial charge is 0.494 e. The molecule has 0 radical (unpaired) electrons. The Morgan fingerprint density at radius 1 is 0.910 bits per heavy atom. The van der Waals surface area contributed by atoms with Crippen LogP contribution in [0.3, 0.4) is 0 Å². The number of methoxy groups -OCH3 is 1. The molecule has 1 atom stereocenters. The molecule has 3 N–H and O–H groups in total. The number of nitrogens with one attached hydrogen (secondary N) is 3. The summed E-state index contributed by atoms with van der Waals surface area (Å²) < 4.78 is 20.0. The van der Waals surface area contributed by atoms with E-state index >= 15 is 0 Å². The number of piperidine rings is 3. The van der Waals surface area contributed by atoms with Crippen LogP contribution >= 0.6 is 23.1 Å². The highest BCUT2D eigenvalue weighted by Crippen LogP contribution is 2.44. The third-order valence-corrected chi connectivity index (χ3v) is 15.8. The lowest BCUT2D eigenvalue weighted by Crippen LogP contribution is -2.52. The van der Waals surface area contributed by atoms with E-state index in [1.165, 1.54) is 32.1 Å². The molecule has 348 valence electrons. The van der Waals surface area contributed by atoms with Crippen LogP contribution < -0.4 is 30.9 Å². The molecule has 9 rings (SSSR count). The molecule has 4 aliphatic rings. The van der Waals surface area contributed by atoms with Gasteiger partial charge in [0.05, 0.1) is 33.8 Å². The monoisotopic (exact) mass is 986 g/mol. The van der Waals surface area contributed by atoms with Crippen molar-refractivity contribution in [2.24, 2.45) is 5.41 Å². The molecule has 3 saturated heterocycles. The molecule has 0 aliphatic carbocycles. The van der Waals surface area contributed by atoms with Gasteiger partial charge in [0.1, 0.15) is 30.3 Å². The highest BCUT2D eigenvalue weighted by atomic mass is 79.9. The number of carbonyl (C=O) groups excluding carboxylic acids is 3. The Hall–Kier alpha value is -5.88. The van der Waals surface area contributed by atoms with E-state index in [1.807, 2.05) is 36.4 Å². The quantitative estimate of drug-likeness (QED) is 0.0449. The van der Waals surface area contributed by atoms with Gasteiger partial charge in [0.2, 0.25) is 17.8 Å². The van der Waals surface area contributed by atoms with Gasteiger partial charge >= 0.3 is 0 Å². The van der Waals surface area contributed by atoms with Gasteiger partial charge in [0, 0.05) is 73.9 Å². The lowest BCUT2D eigenvalue weighted by molar-refractivity contribution is -0.136. The molecule has 0 bridgehead atoms. The average Bonchev–Trinajstić information content (AvgIpc) is 3.64. The molecule has 15 nitrogen and oxygen atoms in total. The number of carbonyl (C=O) groups is 3. The van der Waals surface area contributed by atoms with Gasteiger partial charge in [0.15, 0.2) is 0 Å². The van der Waals surface area contributed by atoms with Crippen LogP contribution in [0.2, 0.25) is 0 Å². The van der Waals surface area contributed by atoms with Crippen molar-refractivity contribution in [1.82, 2.24) is 35.1 Å². The molecule has 67 heavy (non-hydrogen) atoms. The van der Waals surface area contributed by atoms with Crippen molar-refractivity contribution in [2.75, 3.05) is 68.7 Å². The van der Waals surface area contributed by atoms with E-state index in [1.54, 1.807) is 43.9 Å². The summed E-state index contributed by atoms with van der Waals surface area (Å²) in [7, 11) is -1.09. The smallest absolute Gasteiger partial charge is 0.255 e. The molecule has 0 saturated carbocycles. The van der Waals surface area contributed by atoms with Crippen molar-refractivity contribution < 1.29 is 23.7 Å². The molecule has 3 aromatic carbocycles. The number of imide groups is 1. The number of hydrogen-bond acceptors (Lipinski definition) is 13. The van der Waals surface area contributed by atoms with Crippen molar-refractivity contribution in [3.05, 3.63) is 88.3 Å². The average molecular weight is 988 g/mol. The molecule has 3 amide bonds. The zero-order valence-electron chi connectivity index (χ0n) is 38.2. The Bertz CT molecular complexity index is 2830. The van der Waals surface area contributed by atoms with Crippen LogP contribution in [0.25, 0.3) is 11.0 Å². The molecular formula is C50H56BrN10O5P. The number of unbranched alkanes of at least 4 members (excludes halogenated alkanes) is 3. The summed E-state index contributed by atoms with van der Waals surface area (Å²) in [6, 6.07) is 15.0. The summed E-state index contributed by atoms with van der Waals surface area (Å²) in [5.41, 5.74) is 6.58. The van der Waals surface area contributed by atoms with E-state index in [4.69, 9.17) is 9.72 Å². The molecule has 5 aromatic rings. The van der Waals surface area contributed by atoms with Crippen LogP contribution in [0.1, 0.15) is 85.7 Å². The van der Waals surface area contributed by atoms with E-state index in [-0.39, 0.29) is 18.2 Å². The molecule has 1 unspecified atom stereocenters. The van der Waals surface area contributed by atoms with E-state index in [9.17, 15) is 18.9 Å². The van der Waals surface area contributed by atoms with Crippen molar-refractivity contribution in [1.29, 1.82) is 0 Å². The molecule has 4 aliphatic heterocycles. The summed E-state index contributed by atoms with van der Waals surface area (Å²) >= 11 is 3.58. The van der Waals surface area contributed by atoms with Crippen LogP contribution in [-0.4, -0.2) is 107 Å². The Labute approximate surface area is 399 Å². The third-order valence-electron chi connectivity index (χ3n) is 13.7. The van der Waals surface area contributed by atoms with E-state index in [0.29, 0.717) is 68.0 Å². The standard InChI is InChI=1S/C50H56BrN10O5P/c1-66-42-30-35(11-13-38(42)56-49-54-31-37(51)46(58-49)55-40-15-14-39-44(53-23-22-52-39)45(40)67(2,3)65)60-27-20-50(21-28-60)18-25-59(26-19-50)24-8-6-4-5-7-9-33-10-12-36-34(29-33)32-61(48(36)64)41-16-17-43(62)57-47(41)63/h10-15,22-23,29-31,41H,4-6,8,16-21,24-28,32H2,1-3H3,(H,57,62,63)(H2,54,55,56,58). The highest BCUT2D eigenvalue weighted by molar-refractivity contribution is 9.10. The zero-order valence-corrected chi connectivity index (χ0v) is 40.7. The summed E-state index contributed by atoms with van der Waals surface area (Å²) in [5, 5.41) is 9.69. The van der Waals surface area contributed by atoms with Crippen molar-refractivity contribution >= 4 is 86.0 Å². The Morgan fingerprint density at radius 2 is 1.69 bits per heavy atom. The lowest BCUT2D eigenvalue weighted by Gasteiger charge is -2.47. The molecule has 3 fully saturated rings. The second-order valence-corrected chi connectivity index (χ2v) is 22.5. The first-order valence-electron chi connectivity index (χ1n) is 23.1. The minimum Gasteiger partial charge on any atom is -0.494 e. The number of amides is 3. The van der Waals surface area contributed by atoms with Crippen LogP contribution in [0.5, 0.6) is 5.75 Å². The fourth-order valence-electron chi connectivity index (χ4n) is 9.94. The number of nitrogens with zero attached hydrogens (tertiary/aromatic N) is 7. The molecule has 17 heteroatoms. The number of halogens is 1. The van der Waals surface area contributed by atoms with E-state index in [2.05, 4.69) is 80.6 Å². The van der Waals surface area contributed by atoms with Crippen LogP contribution in [0, 0.1) is 17.3 Å². The number of fused-ring (bicyclic) bond motifs is 2. The Kier molecular flexibility index (Phi) is 13.6. The predicted octanol–water partition coefficient (Wildman–Crippen LogP) is 7.98. The number of aromatic nitrogens is 4. The number of hydrogen-bond donors (Lipinski definition) is 3. The molecule has 6 heterocycles. The summed E-state index contributed by atoms with van der Waals surface area (Å²) in [4.78, 5) is 61.8. The SMILES string of the molecule is COc1cc(N2CCC3(CCN(CCCCCC#Cc4ccc5c(c4)CN(C4CCC(=O)NC4=O)C5=O)CC3)CC2)ccc1Nc1ncc(Br)c(Nc2ccc3nccnc3c2P(C)(C)=O)n1. The fourth-order valence-corrected chi connectivity index (χ4v) is 11.6. The topological polar surface area (TPSA) is 175 Å².